The van der Waals surface area contributed by atoms with Crippen LogP contribution < -0.4 is 5.73 Å². The maximum atomic E-state index is 6.15. The molecule has 0 spiro atoms. The first-order valence-corrected chi connectivity index (χ1v) is 11.3. The third-order valence-electron chi connectivity index (χ3n) is 6.18. The van der Waals surface area contributed by atoms with Crippen LogP contribution in [0.25, 0.3) is 33.5 Å². The van der Waals surface area contributed by atoms with Crippen LogP contribution >= 0.6 is 0 Å². The van der Waals surface area contributed by atoms with Crippen LogP contribution in [0.15, 0.2) is 60.7 Å². The van der Waals surface area contributed by atoms with Crippen molar-refractivity contribution < 1.29 is 0 Å². The van der Waals surface area contributed by atoms with E-state index < -0.39 is 0 Å². The molecule has 0 unspecified atom stereocenters. The van der Waals surface area contributed by atoms with Gasteiger partial charge in [0.1, 0.15) is 5.82 Å². The number of unbranched alkanes of at least 4 members (excludes halogenated alkanes) is 1. The van der Waals surface area contributed by atoms with E-state index in [-0.39, 0.29) is 0 Å². The molecule has 0 aliphatic heterocycles. The van der Waals surface area contributed by atoms with E-state index in [1.807, 2.05) is 24.3 Å². The zero-order chi connectivity index (χ0) is 22.8. The van der Waals surface area contributed by atoms with Crippen LogP contribution in [0.2, 0.25) is 0 Å². The lowest BCUT2D eigenvalue weighted by atomic mass is 9.98. The minimum atomic E-state index is 0.662. The van der Waals surface area contributed by atoms with Crippen molar-refractivity contribution in [2.24, 2.45) is 0 Å². The van der Waals surface area contributed by atoms with E-state index in [0.29, 0.717) is 5.82 Å². The molecule has 0 bridgehead atoms. The summed E-state index contributed by atoms with van der Waals surface area (Å²) >= 11 is 0. The summed E-state index contributed by atoms with van der Waals surface area (Å²) in [5.41, 5.74) is 14.6. The number of hydrogen-bond donors (Lipinski definition) is 2. The molecule has 0 fully saturated rings. The first kappa shape index (κ1) is 20.9. The Kier molecular flexibility index (Phi) is 5.60. The number of aromatic amines is 1. The summed E-state index contributed by atoms with van der Waals surface area (Å²) in [6, 6.07) is 20.9. The van der Waals surface area contributed by atoms with Crippen LogP contribution in [0.1, 0.15) is 36.7 Å². The number of H-pyrrole nitrogens is 1. The SMILES string of the molecule is CCCCc1nc2c(C)c(N)ccc2n1Cc1ccc(-c2ccccc2-c2nnn[nH]2)cc1. The minimum absolute atomic E-state index is 0.662. The summed E-state index contributed by atoms with van der Waals surface area (Å²) < 4.78 is 2.33. The van der Waals surface area contributed by atoms with Crippen molar-refractivity contribution in [1.82, 2.24) is 30.2 Å². The molecule has 7 heteroatoms. The van der Waals surface area contributed by atoms with Crippen LogP contribution in [0.3, 0.4) is 0 Å². The van der Waals surface area contributed by atoms with Gasteiger partial charge in [-0.2, -0.15) is 0 Å². The number of nitrogens with one attached hydrogen (secondary N) is 1. The molecule has 166 valence electrons. The molecule has 0 aliphatic rings. The van der Waals surface area contributed by atoms with Crippen molar-refractivity contribution in [2.75, 3.05) is 5.73 Å². The highest BCUT2D eigenvalue weighted by atomic mass is 15.5. The van der Waals surface area contributed by atoms with Gasteiger partial charge in [0.05, 0.1) is 11.0 Å². The number of aromatic nitrogens is 6. The molecule has 0 radical (unpaired) electrons. The van der Waals surface area contributed by atoms with Crippen LogP contribution in [-0.2, 0) is 13.0 Å². The number of nitrogens with zero attached hydrogens (tertiary/aromatic N) is 5. The first-order valence-electron chi connectivity index (χ1n) is 11.3. The van der Waals surface area contributed by atoms with Gasteiger partial charge in [0, 0.05) is 24.2 Å². The predicted molar refractivity (Wildman–Crippen MR) is 132 cm³/mol. The number of hydrogen-bond acceptors (Lipinski definition) is 5. The maximum Gasteiger partial charge on any atom is 0.180 e. The quantitative estimate of drug-likeness (QED) is 0.343. The average molecular weight is 438 g/mol. The Labute approximate surface area is 192 Å². The van der Waals surface area contributed by atoms with Gasteiger partial charge in [-0.25, -0.2) is 10.1 Å². The van der Waals surface area contributed by atoms with Gasteiger partial charge in [-0.1, -0.05) is 61.9 Å². The van der Waals surface area contributed by atoms with E-state index in [0.717, 1.165) is 70.6 Å². The van der Waals surface area contributed by atoms with Gasteiger partial charge in [0.15, 0.2) is 5.82 Å². The fourth-order valence-corrected chi connectivity index (χ4v) is 4.28. The number of tetrazole rings is 1. The molecule has 2 heterocycles. The Morgan fingerprint density at radius 1 is 0.970 bits per heavy atom. The van der Waals surface area contributed by atoms with Crippen LogP contribution in [0.4, 0.5) is 5.69 Å². The standard InChI is InChI=1S/C26H27N7/c1-3-4-9-24-28-25-17(2)22(27)14-15-23(25)33(24)16-18-10-12-19(13-11-18)20-7-5-6-8-21(20)26-29-31-32-30-26/h5-8,10-15H,3-4,9,16,27H2,1-2H3,(H,29,30,31,32). The summed E-state index contributed by atoms with van der Waals surface area (Å²) in [5, 5.41) is 14.4. The smallest absolute Gasteiger partial charge is 0.180 e. The summed E-state index contributed by atoms with van der Waals surface area (Å²) in [5.74, 6) is 1.78. The second-order valence-corrected chi connectivity index (χ2v) is 8.36. The number of imidazole rings is 1. The molecule has 33 heavy (non-hydrogen) atoms. The van der Waals surface area contributed by atoms with Gasteiger partial charge in [-0.3, -0.25) is 0 Å². The average Bonchev–Trinajstić information content (AvgIpc) is 3.50. The van der Waals surface area contributed by atoms with E-state index in [1.165, 1.54) is 5.56 Å². The lowest BCUT2D eigenvalue weighted by Gasteiger charge is -2.12. The van der Waals surface area contributed by atoms with Crippen molar-refractivity contribution in [1.29, 1.82) is 0 Å². The Morgan fingerprint density at radius 3 is 2.48 bits per heavy atom. The van der Waals surface area contributed by atoms with Gasteiger partial charge in [0.2, 0.25) is 0 Å². The number of nitrogen functional groups attached to an aromatic ring is 1. The fourth-order valence-electron chi connectivity index (χ4n) is 4.28. The molecular weight excluding hydrogens is 410 g/mol. The molecule has 0 saturated heterocycles. The topological polar surface area (TPSA) is 98.3 Å². The molecule has 5 rings (SSSR count). The third kappa shape index (κ3) is 3.98. The third-order valence-corrected chi connectivity index (χ3v) is 6.18. The van der Waals surface area contributed by atoms with Crippen molar-refractivity contribution in [3.05, 3.63) is 77.6 Å². The van der Waals surface area contributed by atoms with Crippen molar-refractivity contribution in [3.63, 3.8) is 0 Å². The number of benzene rings is 3. The number of fused-ring (bicyclic) bond motifs is 1. The van der Waals surface area contributed by atoms with Gasteiger partial charge in [-0.05, 0) is 58.2 Å². The second kappa shape index (κ2) is 8.86. The molecule has 0 amide bonds. The highest BCUT2D eigenvalue weighted by molar-refractivity contribution is 5.84. The summed E-state index contributed by atoms with van der Waals surface area (Å²) in [4.78, 5) is 4.97. The highest BCUT2D eigenvalue weighted by Crippen LogP contribution is 2.30. The Hall–Kier alpha value is -4.00. The Bertz CT molecular complexity index is 1380. The van der Waals surface area contributed by atoms with Crippen LogP contribution in [0, 0.1) is 6.92 Å². The molecule has 7 nitrogen and oxygen atoms in total. The van der Waals surface area contributed by atoms with Crippen molar-refractivity contribution in [3.8, 4) is 22.5 Å². The van der Waals surface area contributed by atoms with E-state index in [4.69, 9.17) is 10.7 Å². The molecule has 3 N–H and O–H groups in total. The largest absolute Gasteiger partial charge is 0.398 e. The lowest BCUT2D eigenvalue weighted by Crippen LogP contribution is -2.05. The van der Waals surface area contributed by atoms with Crippen molar-refractivity contribution in [2.45, 2.75) is 39.7 Å². The van der Waals surface area contributed by atoms with E-state index in [1.54, 1.807) is 0 Å². The van der Waals surface area contributed by atoms with Crippen LogP contribution in [-0.4, -0.2) is 30.2 Å². The van der Waals surface area contributed by atoms with Crippen LogP contribution in [0.5, 0.6) is 0 Å². The zero-order valence-corrected chi connectivity index (χ0v) is 18.9. The van der Waals surface area contributed by atoms with Gasteiger partial charge in [0.25, 0.3) is 0 Å². The van der Waals surface area contributed by atoms with Crippen molar-refractivity contribution >= 4 is 16.7 Å². The van der Waals surface area contributed by atoms with E-state index in [2.05, 4.69) is 75.4 Å². The number of nitrogens with two attached hydrogens (primary N) is 1. The van der Waals surface area contributed by atoms with Gasteiger partial charge < -0.3 is 10.3 Å². The summed E-state index contributed by atoms with van der Waals surface area (Å²) in [7, 11) is 0. The summed E-state index contributed by atoms with van der Waals surface area (Å²) in [6.45, 7) is 5.03. The fraction of sp³-hybridized carbons (Fsp3) is 0.231. The number of anilines is 1. The molecule has 0 aliphatic carbocycles. The summed E-state index contributed by atoms with van der Waals surface area (Å²) in [6.07, 6.45) is 3.21. The molecule has 5 aromatic rings. The number of rotatable bonds is 7. The Balaban J connectivity index is 1.49. The van der Waals surface area contributed by atoms with E-state index in [9.17, 15) is 0 Å². The number of aryl methyl sites for hydroxylation is 2. The normalized spacial score (nSPS) is 11.3. The highest BCUT2D eigenvalue weighted by Gasteiger charge is 2.15. The van der Waals surface area contributed by atoms with Gasteiger partial charge in [-0.15, -0.1) is 5.10 Å². The molecular formula is C26H27N7. The molecule has 0 saturated carbocycles. The molecule has 0 atom stereocenters. The second-order valence-electron chi connectivity index (χ2n) is 8.36. The Morgan fingerprint density at radius 2 is 1.76 bits per heavy atom. The molecule has 2 aromatic heterocycles. The molecule has 3 aromatic carbocycles. The first-order chi connectivity index (χ1) is 16.2. The lowest BCUT2D eigenvalue weighted by molar-refractivity contribution is 0.690. The van der Waals surface area contributed by atoms with E-state index >= 15 is 0 Å². The predicted octanol–water partition coefficient (Wildman–Crippen LogP) is 5.16. The zero-order valence-electron chi connectivity index (χ0n) is 18.9. The van der Waals surface area contributed by atoms with Gasteiger partial charge >= 0.3 is 0 Å². The minimum Gasteiger partial charge on any atom is -0.398 e. The maximum absolute atomic E-state index is 6.15. The monoisotopic (exact) mass is 437 g/mol.